The van der Waals surface area contributed by atoms with Gasteiger partial charge in [0.2, 0.25) is 10.0 Å². The molecule has 0 amide bonds. The first-order valence-electron chi connectivity index (χ1n) is 10.8. The van der Waals surface area contributed by atoms with E-state index in [9.17, 15) is 13.2 Å². The molecule has 1 aliphatic heterocycles. The van der Waals surface area contributed by atoms with Crippen molar-refractivity contribution in [2.45, 2.75) is 38.6 Å². The van der Waals surface area contributed by atoms with E-state index in [4.69, 9.17) is 14.5 Å². The number of aryl methyl sites for hydroxylation is 2. The number of rotatable bonds is 7. The highest BCUT2D eigenvalue weighted by Gasteiger charge is 2.28. The molecule has 1 N–H and O–H groups in total. The monoisotopic (exact) mass is 460 g/mol. The number of aromatic amines is 1. The second kappa shape index (κ2) is 9.05. The summed E-state index contributed by atoms with van der Waals surface area (Å²) in [7, 11) is -3.72. The summed E-state index contributed by atoms with van der Waals surface area (Å²) in [6.45, 7) is 8.23. The Morgan fingerprint density at radius 3 is 2.66 bits per heavy atom. The van der Waals surface area contributed by atoms with Crippen LogP contribution in [0.2, 0.25) is 0 Å². The van der Waals surface area contributed by atoms with Gasteiger partial charge in [-0.2, -0.15) is 4.31 Å². The van der Waals surface area contributed by atoms with Gasteiger partial charge in [0.25, 0.3) is 5.56 Å². The van der Waals surface area contributed by atoms with Gasteiger partial charge in [-0.3, -0.25) is 4.79 Å². The standard InChI is InChI=1S/C22H28N4O5S/c1-4-8-25-14-15(3)19-21(25)23-20(24-22(19)27)17-13-16(6-7-18(17)31-5-2)32(28,29)26-9-11-30-12-10-26/h6-7,13-14H,4-5,8-12H2,1-3H3,(H,23,24,27). The third kappa shape index (κ3) is 4.05. The number of nitrogens with zero attached hydrogens (tertiary/aromatic N) is 3. The normalized spacial score (nSPS) is 15.3. The lowest BCUT2D eigenvalue weighted by atomic mass is 10.1. The quantitative estimate of drug-likeness (QED) is 0.581. The van der Waals surface area contributed by atoms with Gasteiger partial charge in [0.05, 0.1) is 35.7 Å². The second-order valence-electron chi connectivity index (χ2n) is 7.73. The molecule has 0 atom stereocenters. The van der Waals surface area contributed by atoms with Crippen LogP contribution in [0, 0.1) is 6.92 Å². The Bertz CT molecular complexity index is 1290. The third-order valence-corrected chi connectivity index (χ3v) is 7.39. The maximum Gasteiger partial charge on any atom is 0.260 e. The highest BCUT2D eigenvalue weighted by molar-refractivity contribution is 7.89. The number of ether oxygens (including phenoxy) is 2. The number of fused-ring (bicyclic) bond motifs is 1. The summed E-state index contributed by atoms with van der Waals surface area (Å²) < 4.78 is 40.8. The molecule has 1 aliphatic rings. The lowest BCUT2D eigenvalue weighted by Crippen LogP contribution is -2.40. The van der Waals surface area contributed by atoms with Crippen LogP contribution in [0.3, 0.4) is 0 Å². The number of benzene rings is 1. The van der Waals surface area contributed by atoms with Gasteiger partial charge in [0.1, 0.15) is 17.2 Å². The Morgan fingerprint density at radius 2 is 1.97 bits per heavy atom. The van der Waals surface area contributed by atoms with Crippen LogP contribution in [0.4, 0.5) is 0 Å². The molecule has 4 rings (SSSR count). The van der Waals surface area contributed by atoms with Gasteiger partial charge in [-0.1, -0.05) is 6.92 Å². The Morgan fingerprint density at radius 1 is 1.22 bits per heavy atom. The Labute approximate surface area is 187 Å². The van der Waals surface area contributed by atoms with Crippen LogP contribution >= 0.6 is 0 Å². The van der Waals surface area contributed by atoms with E-state index in [1.54, 1.807) is 6.07 Å². The molecule has 32 heavy (non-hydrogen) atoms. The molecule has 10 heteroatoms. The molecule has 0 aliphatic carbocycles. The highest BCUT2D eigenvalue weighted by atomic mass is 32.2. The predicted octanol–water partition coefficient (Wildman–Crippen LogP) is 2.53. The second-order valence-corrected chi connectivity index (χ2v) is 9.66. The third-order valence-electron chi connectivity index (χ3n) is 5.49. The summed E-state index contributed by atoms with van der Waals surface area (Å²) in [6.07, 6.45) is 2.81. The number of sulfonamides is 1. The summed E-state index contributed by atoms with van der Waals surface area (Å²) in [5, 5.41) is 0.539. The first-order chi connectivity index (χ1) is 15.4. The first-order valence-corrected chi connectivity index (χ1v) is 12.3. The predicted molar refractivity (Wildman–Crippen MR) is 122 cm³/mol. The average Bonchev–Trinajstić information content (AvgIpc) is 3.10. The minimum atomic E-state index is -3.72. The molecular weight excluding hydrogens is 432 g/mol. The van der Waals surface area contributed by atoms with Gasteiger partial charge in [0, 0.05) is 25.8 Å². The fourth-order valence-electron chi connectivity index (χ4n) is 3.99. The zero-order valence-electron chi connectivity index (χ0n) is 18.6. The van der Waals surface area contributed by atoms with Crippen LogP contribution < -0.4 is 10.3 Å². The minimum absolute atomic E-state index is 0.126. The summed E-state index contributed by atoms with van der Waals surface area (Å²) in [6, 6.07) is 4.67. The highest BCUT2D eigenvalue weighted by Crippen LogP contribution is 2.32. The van der Waals surface area contributed by atoms with E-state index < -0.39 is 10.0 Å². The number of H-pyrrole nitrogens is 1. The van der Waals surface area contributed by atoms with Gasteiger partial charge in [-0.25, -0.2) is 13.4 Å². The van der Waals surface area contributed by atoms with E-state index in [0.29, 0.717) is 55.3 Å². The molecule has 3 aromatic rings. The topological polar surface area (TPSA) is 107 Å². The summed E-state index contributed by atoms with van der Waals surface area (Å²) >= 11 is 0. The van der Waals surface area contributed by atoms with Gasteiger partial charge >= 0.3 is 0 Å². The van der Waals surface area contributed by atoms with Gasteiger partial charge < -0.3 is 19.0 Å². The largest absolute Gasteiger partial charge is 0.493 e. The molecule has 0 bridgehead atoms. The summed E-state index contributed by atoms with van der Waals surface area (Å²) in [5.74, 6) is 0.738. The smallest absolute Gasteiger partial charge is 0.260 e. The SMILES string of the molecule is CCCn1cc(C)c2c(=O)[nH]c(-c3cc(S(=O)(=O)N4CCOCC4)ccc3OCC)nc21. The first kappa shape index (κ1) is 22.5. The van der Waals surface area contributed by atoms with Crippen molar-refractivity contribution in [3.63, 3.8) is 0 Å². The molecule has 0 spiro atoms. The molecular formula is C22H28N4O5S. The van der Waals surface area contributed by atoms with Gasteiger partial charge in [-0.05, 0) is 44.0 Å². The number of nitrogens with one attached hydrogen (secondary N) is 1. The van der Waals surface area contributed by atoms with Crippen molar-refractivity contribution in [3.8, 4) is 17.1 Å². The molecule has 1 fully saturated rings. The molecule has 9 nitrogen and oxygen atoms in total. The van der Waals surface area contributed by atoms with E-state index in [1.807, 2.05) is 24.6 Å². The lowest BCUT2D eigenvalue weighted by molar-refractivity contribution is 0.0730. The number of hydrogen-bond acceptors (Lipinski definition) is 6. The lowest BCUT2D eigenvalue weighted by Gasteiger charge is -2.26. The fraction of sp³-hybridized carbons (Fsp3) is 0.455. The summed E-state index contributed by atoms with van der Waals surface area (Å²) in [5.41, 5.74) is 1.60. The number of aromatic nitrogens is 3. The van der Waals surface area contributed by atoms with Gasteiger partial charge in [-0.15, -0.1) is 0 Å². The van der Waals surface area contributed by atoms with E-state index in [-0.39, 0.29) is 16.3 Å². The van der Waals surface area contributed by atoms with Crippen molar-refractivity contribution in [2.24, 2.45) is 0 Å². The molecule has 1 saturated heterocycles. The van der Waals surface area contributed by atoms with Gasteiger partial charge in [0.15, 0.2) is 0 Å². The van der Waals surface area contributed by atoms with E-state index in [0.717, 1.165) is 18.5 Å². The maximum absolute atomic E-state index is 13.2. The average molecular weight is 461 g/mol. The van der Waals surface area contributed by atoms with Crippen molar-refractivity contribution in [1.82, 2.24) is 18.8 Å². The maximum atomic E-state index is 13.2. The summed E-state index contributed by atoms with van der Waals surface area (Å²) in [4.78, 5) is 20.6. The Balaban J connectivity index is 1.88. The molecule has 0 radical (unpaired) electrons. The zero-order valence-corrected chi connectivity index (χ0v) is 19.4. The Hall–Kier alpha value is -2.69. The van der Waals surface area contributed by atoms with Crippen LogP contribution in [0.25, 0.3) is 22.4 Å². The molecule has 172 valence electrons. The minimum Gasteiger partial charge on any atom is -0.493 e. The van der Waals surface area contributed by atoms with Crippen molar-refractivity contribution in [3.05, 3.63) is 40.3 Å². The number of morpholine rings is 1. The van der Waals surface area contributed by atoms with Crippen molar-refractivity contribution in [2.75, 3.05) is 32.9 Å². The van der Waals surface area contributed by atoms with E-state index in [2.05, 4.69) is 11.9 Å². The van der Waals surface area contributed by atoms with E-state index >= 15 is 0 Å². The van der Waals surface area contributed by atoms with Crippen LogP contribution in [0.5, 0.6) is 5.75 Å². The molecule has 1 aromatic carbocycles. The Kier molecular flexibility index (Phi) is 6.36. The number of hydrogen-bond donors (Lipinski definition) is 1. The fourth-order valence-corrected chi connectivity index (χ4v) is 5.43. The van der Waals surface area contributed by atoms with Crippen molar-refractivity contribution < 1.29 is 17.9 Å². The van der Waals surface area contributed by atoms with Crippen LogP contribution in [0.1, 0.15) is 25.8 Å². The van der Waals surface area contributed by atoms with Crippen molar-refractivity contribution >= 4 is 21.1 Å². The van der Waals surface area contributed by atoms with Crippen LogP contribution in [0.15, 0.2) is 34.1 Å². The zero-order chi connectivity index (χ0) is 22.9. The van der Waals surface area contributed by atoms with Crippen molar-refractivity contribution in [1.29, 1.82) is 0 Å². The van der Waals surface area contributed by atoms with Crippen LogP contribution in [-0.2, 0) is 21.3 Å². The molecule has 0 unspecified atom stereocenters. The van der Waals surface area contributed by atoms with Crippen LogP contribution in [-0.4, -0.2) is 60.2 Å². The molecule has 3 heterocycles. The molecule has 0 saturated carbocycles. The molecule has 2 aromatic heterocycles. The van der Waals surface area contributed by atoms with E-state index in [1.165, 1.54) is 16.4 Å².